The van der Waals surface area contributed by atoms with E-state index in [1.165, 1.54) is 23.9 Å². The zero-order valence-corrected chi connectivity index (χ0v) is 14.3. The highest BCUT2D eigenvalue weighted by Crippen LogP contribution is 2.17. The van der Waals surface area contributed by atoms with Gasteiger partial charge in [0.2, 0.25) is 10.0 Å². The number of benzene rings is 1. The lowest BCUT2D eigenvalue weighted by molar-refractivity contribution is 0.548. The normalized spacial score (nSPS) is 13.3. The maximum atomic E-state index is 14.0. The molecule has 0 aliphatic rings. The van der Waals surface area contributed by atoms with Crippen molar-refractivity contribution in [1.29, 1.82) is 0 Å². The van der Waals surface area contributed by atoms with Crippen LogP contribution in [-0.2, 0) is 16.6 Å². The third kappa shape index (κ3) is 5.94. The number of hydrogen-bond acceptors (Lipinski definition) is 4. The fraction of sp³-hybridized carbons (Fsp3) is 0.571. The van der Waals surface area contributed by atoms with E-state index in [1.54, 1.807) is 13.0 Å². The standard InChI is InChI=1S/C14H23FN2O2S2/c1-4-7-16-9-12-5-6-14(13(15)8-12)21(18,19)17-11(2)10-20-3/h5-6,8,11,16-17H,4,7,9-10H2,1-3H3. The first-order valence-corrected chi connectivity index (χ1v) is 9.78. The van der Waals surface area contributed by atoms with Gasteiger partial charge in [0.1, 0.15) is 10.7 Å². The lowest BCUT2D eigenvalue weighted by Crippen LogP contribution is -2.34. The molecule has 2 N–H and O–H groups in total. The molecule has 0 fully saturated rings. The van der Waals surface area contributed by atoms with Gasteiger partial charge in [-0.25, -0.2) is 17.5 Å². The van der Waals surface area contributed by atoms with Crippen LogP contribution in [0.2, 0.25) is 0 Å². The molecule has 1 rings (SSSR count). The predicted octanol–water partition coefficient (Wildman–Crippen LogP) is 2.36. The maximum Gasteiger partial charge on any atom is 0.243 e. The Labute approximate surface area is 131 Å². The molecule has 0 amide bonds. The molecule has 0 bridgehead atoms. The van der Waals surface area contributed by atoms with Gasteiger partial charge in [-0.3, -0.25) is 0 Å². The van der Waals surface area contributed by atoms with Crippen molar-refractivity contribution in [2.75, 3.05) is 18.6 Å². The lowest BCUT2D eigenvalue weighted by atomic mass is 10.2. The number of hydrogen-bond donors (Lipinski definition) is 2. The van der Waals surface area contributed by atoms with Gasteiger partial charge in [-0.15, -0.1) is 0 Å². The lowest BCUT2D eigenvalue weighted by Gasteiger charge is -2.14. The van der Waals surface area contributed by atoms with Gasteiger partial charge >= 0.3 is 0 Å². The van der Waals surface area contributed by atoms with Crippen LogP contribution in [-0.4, -0.2) is 33.0 Å². The SMILES string of the molecule is CCCNCc1ccc(S(=O)(=O)NC(C)CSC)c(F)c1. The van der Waals surface area contributed by atoms with E-state index in [4.69, 9.17) is 0 Å². The monoisotopic (exact) mass is 334 g/mol. The molecule has 0 aliphatic carbocycles. The molecular weight excluding hydrogens is 311 g/mol. The second-order valence-corrected chi connectivity index (χ2v) is 7.51. The summed E-state index contributed by atoms with van der Waals surface area (Å²) in [7, 11) is -3.81. The molecular formula is C14H23FN2O2S2. The molecule has 4 nitrogen and oxygen atoms in total. The second kappa shape index (κ2) is 8.73. The van der Waals surface area contributed by atoms with Crippen molar-refractivity contribution in [1.82, 2.24) is 10.0 Å². The van der Waals surface area contributed by atoms with E-state index in [0.29, 0.717) is 12.3 Å². The highest BCUT2D eigenvalue weighted by molar-refractivity contribution is 7.98. The predicted molar refractivity (Wildman–Crippen MR) is 86.6 cm³/mol. The van der Waals surface area contributed by atoms with Gasteiger partial charge in [-0.05, 0) is 43.8 Å². The highest BCUT2D eigenvalue weighted by Gasteiger charge is 2.21. The van der Waals surface area contributed by atoms with Crippen molar-refractivity contribution in [2.45, 2.75) is 37.8 Å². The summed E-state index contributed by atoms with van der Waals surface area (Å²) < 4.78 is 40.8. The first kappa shape index (κ1) is 18.4. The Kier molecular flexibility index (Phi) is 7.65. The van der Waals surface area contributed by atoms with E-state index < -0.39 is 15.8 Å². The fourth-order valence-electron chi connectivity index (χ4n) is 1.89. The third-order valence-electron chi connectivity index (χ3n) is 2.81. The first-order valence-electron chi connectivity index (χ1n) is 6.91. The van der Waals surface area contributed by atoms with Gasteiger partial charge < -0.3 is 5.32 Å². The summed E-state index contributed by atoms with van der Waals surface area (Å²) in [6.45, 7) is 5.18. The zero-order valence-electron chi connectivity index (χ0n) is 12.6. The summed E-state index contributed by atoms with van der Waals surface area (Å²) in [5, 5.41) is 3.15. The van der Waals surface area contributed by atoms with E-state index in [2.05, 4.69) is 10.0 Å². The van der Waals surface area contributed by atoms with Crippen LogP contribution in [0.1, 0.15) is 25.8 Å². The molecule has 0 aliphatic heterocycles. The van der Waals surface area contributed by atoms with Crippen LogP contribution in [0.25, 0.3) is 0 Å². The number of halogens is 1. The molecule has 0 spiro atoms. The van der Waals surface area contributed by atoms with Gasteiger partial charge in [0.25, 0.3) is 0 Å². The molecule has 7 heteroatoms. The summed E-state index contributed by atoms with van der Waals surface area (Å²) in [6, 6.07) is 4.00. The van der Waals surface area contributed by atoms with E-state index in [0.717, 1.165) is 18.5 Å². The minimum atomic E-state index is -3.81. The first-order chi connectivity index (χ1) is 9.90. The smallest absolute Gasteiger partial charge is 0.243 e. The largest absolute Gasteiger partial charge is 0.313 e. The zero-order chi connectivity index (χ0) is 15.9. The Morgan fingerprint density at radius 2 is 2.10 bits per heavy atom. The van der Waals surface area contributed by atoms with Crippen molar-refractivity contribution < 1.29 is 12.8 Å². The molecule has 1 aromatic rings. The van der Waals surface area contributed by atoms with Crippen molar-refractivity contribution >= 4 is 21.8 Å². The Hall–Kier alpha value is -0.630. The van der Waals surface area contributed by atoms with Crippen molar-refractivity contribution in [3.05, 3.63) is 29.6 Å². The Morgan fingerprint density at radius 1 is 1.38 bits per heavy atom. The van der Waals surface area contributed by atoms with E-state index in [-0.39, 0.29) is 10.9 Å². The van der Waals surface area contributed by atoms with Crippen LogP contribution in [0, 0.1) is 5.82 Å². The van der Waals surface area contributed by atoms with Crippen LogP contribution < -0.4 is 10.0 Å². The van der Waals surface area contributed by atoms with E-state index >= 15 is 0 Å². The van der Waals surface area contributed by atoms with Crippen LogP contribution in [0.3, 0.4) is 0 Å². The molecule has 21 heavy (non-hydrogen) atoms. The molecule has 1 atom stereocenters. The minimum Gasteiger partial charge on any atom is -0.313 e. The number of sulfonamides is 1. The van der Waals surface area contributed by atoms with Crippen LogP contribution in [0.4, 0.5) is 4.39 Å². The summed E-state index contributed by atoms with van der Waals surface area (Å²) >= 11 is 1.53. The summed E-state index contributed by atoms with van der Waals surface area (Å²) in [4.78, 5) is -0.297. The van der Waals surface area contributed by atoms with Crippen molar-refractivity contribution in [3.63, 3.8) is 0 Å². The maximum absolute atomic E-state index is 14.0. The van der Waals surface area contributed by atoms with E-state index in [1.807, 2.05) is 13.2 Å². The van der Waals surface area contributed by atoms with Crippen LogP contribution in [0.15, 0.2) is 23.1 Å². The Balaban J connectivity index is 2.83. The van der Waals surface area contributed by atoms with Gasteiger partial charge in [-0.1, -0.05) is 13.0 Å². The van der Waals surface area contributed by atoms with Crippen LogP contribution >= 0.6 is 11.8 Å². The molecule has 120 valence electrons. The highest BCUT2D eigenvalue weighted by atomic mass is 32.2. The van der Waals surface area contributed by atoms with Gasteiger partial charge in [-0.2, -0.15) is 11.8 Å². The average molecular weight is 334 g/mol. The van der Waals surface area contributed by atoms with Gasteiger partial charge in [0.15, 0.2) is 0 Å². The molecule has 0 heterocycles. The van der Waals surface area contributed by atoms with Crippen molar-refractivity contribution in [3.8, 4) is 0 Å². The number of nitrogens with one attached hydrogen (secondary N) is 2. The van der Waals surface area contributed by atoms with Gasteiger partial charge in [0.05, 0.1) is 0 Å². The molecule has 0 saturated carbocycles. The molecule has 0 aromatic heterocycles. The van der Waals surface area contributed by atoms with Gasteiger partial charge in [0, 0.05) is 18.3 Å². The summed E-state index contributed by atoms with van der Waals surface area (Å²) in [5.74, 6) is -0.0745. The second-order valence-electron chi connectivity index (χ2n) is 4.92. The summed E-state index contributed by atoms with van der Waals surface area (Å²) in [6.07, 6.45) is 2.88. The third-order valence-corrected chi connectivity index (χ3v) is 5.27. The minimum absolute atomic E-state index is 0.240. The molecule has 0 saturated heterocycles. The molecule has 1 unspecified atom stereocenters. The van der Waals surface area contributed by atoms with E-state index in [9.17, 15) is 12.8 Å². The Morgan fingerprint density at radius 3 is 2.67 bits per heavy atom. The van der Waals surface area contributed by atoms with Crippen LogP contribution in [0.5, 0.6) is 0 Å². The Bertz CT molecular complexity index is 550. The topological polar surface area (TPSA) is 58.2 Å². The molecule has 0 radical (unpaired) electrons. The fourth-order valence-corrected chi connectivity index (χ4v) is 3.89. The average Bonchev–Trinajstić information content (AvgIpc) is 2.38. The quantitative estimate of drug-likeness (QED) is 0.681. The summed E-state index contributed by atoms with van der Waals surface area (Å²) in [5.41, 5.74) is 0.733. The van der Waals surface area contributed by atoms with Crippen molar-refractivity contribution in [2.24, 2.45) is 0 Å². The number of thioether (sulfide) groups is 1. The molecule has 1 aromatic carbocycles. The number of rotatable bonds is 9.